The number of hydrogen-bond acceptors (Lipinski definition) is 6. The van der Waals surface area contributed by atoms with Crippen LogP contribution < -0.4 is 10.5 Å². The summed E-state index contributed by atoms with van der Waals surface area (Å²) in [4.78, 5) is 3.78. The molecule has 1 atom stereocenters. The van der Waals surface area contributed by atoms with Crippen molar-refractivity contribution >= 4 is 15.8 Å². The van der Waals surface area contributed by atoms with Crippen LogP contribution in [0.1, 0.15) is 30.0 Å². The van der Waals surface area contributed by atoms with E-state index in [1.165, 1.54) is 10.9 Å². The normalized spacial score (nSPS) is 13.6. The summed E-state index contributed by atoms with van der Waals surface area (Å²) in [6.45, 7) is 5.21. The Morgan fingerprint density at radius 2 is 2.10 bits per heavy atom. The van der Waals surface area contributed by atoms with E-state index in [0.717, 1.165) is 0 Å². The summed E-state index contributed by atoms with van der Waals surface area (Å²) in [7, 11) is -2.21. The summed E-state index contributed by atoms with van der Waals surface area (Å²) in [5, 5.41) is 3.75. The first-order chi connectivity index (χ1) is 9.24. The first-order valence-corrected chi connectivity index (χ1v) is 7.44. The summed E-state index contributed by atoms with van der Waals surface area (Å²) in [5.74, 6) is 0.543. The minimum absolute atomic E-state index is 0.0361. The predicted octanol–water partition coefficient (Wildman–Crippen LogP) is 0.647. The Balaban J connectivity index is 2.34. The van der Waals surface area contributed by atoms with Gasteiger partial charge in [-0.1, -0.05) is 5.16 Å². The van der Waals surface area contributed by atoms with Crippen LogP contribution in [0.25, 0.3) is 0 Å². The first-order valence-electron chi connectivity index (χ1n) is 5.96. The van der Waals surface area contributed by atoms with E-state index in [1.807, 2.05) is 0 Å². The Bertz CT molecular complexity index is 692. The molecule has 2 aromatic rings. The number of aryl methyl sites for hydroxylation is 3. The number of nitrogens with two attached hydrogens (primary N) is 1. The maximum Gasteiger partial charge on any atom is 0.260 e. The third-order valence-electron chi connectivity index (χ3n) is 3.02. The van der Waals surface area contributed by atoms with Crippen molar-refractivity contribution in [3.8, 4) is 0 Å². The van der Waals surface area contributed by atoms with E-state index in [1.54, 1.807) is 27.8 Å². The molecule has 0 spiro atoms. The fourth-order valence-corrected chi connectivity index (χ4v) is 3.67. The van der Waals surface area contributed by atoms with Gasteiger partial charge in [-0.05, 0) is 20.8 Å². The minimum atomic E-state index is -3.78. The largest absolute Gasteiger partial charge is 0.381 e. The van der Waals surface area contributed by atoms with E-state index in [-0.39, 0.29) is 10.8 Å². The van der Waals surface area contributed by atoms with Crippen molar-refractivity contribution in [1.29, 1.82) is 0 Å². The molecule has 0 saturated heterocycles. The lowest BCUT2D eigenvalue weighted by Crippen LogP contribution is -2.29. The fourth-order valence-electron chi connectivity index (χ4n) is 2.22. The summed E-state index contributed by atoms with van der Waals surface area (Å²) < 4.78 is 33.7. The molecular weight excluding hydrogens is 282 g/mol. The lowest BCUT2D eigenvalue weighted by Gasteiger charge is -2.14. The van der Waals surface area contributed by atoms with Gasteiger partial charge in [0.15, 0.2) is 10.8 Å². The number of aromatic nitrogens is 3. The molecule has 9 heteroatoms. The van der Waals surface area contributed by atoms with Gasteiger partial charge in [-0.25, -0.2) is 18.1 Å². The Hall–Kier alpha value is -1.87. The van der Waals surface area contributed by atoms with Crippen LogP contribution >= 0.6 is 0 Å². The number of anilines is 1. The molecule has 0 radical (unpaired) electrons. The first kappa shape index (κ1) is 14.5. The molecule has 3 N–H and O–H groups in total. The molecule has 0 aromatic carbocycles. The number of nitrogens with zero attached hydrogens (tertiary/aromatic N) is 3. The van der Waals surface area contributed by atoms with Crippen LogP contribution in [0.3, 0.4) is 0 Å². The van der Waals surface area contributed by atoms with E-state index in [0.29, 0.717) is 17.0 Å². The highest BCUT2D eigenvalue weighted by atomic mass is 32.2. The van der Waals surface area contributed by atoms with Crippen molar-refractivity contribution < 1.29 is 12.9 Å². The van der Waals surface area contributed by atoms with E-state index >= 15 is 0 Å². The van der Waals surface area contributed by atoms with Crippen LogP contribution in [0.4, 0.5) is 5.82 Å². The van der Waals surface area contributed by atoms with Crippen LogP contribution in [0.15, 0.2) is 15.9 Å². The maximum absolute atomic E-state index is 12.4. The van der Waals surface area contributed by atoms with Crippen LogP contribution in [0, 0.1) is 13.8 Å². The van der Waals surface area contributed by atoms with E-state index in [4.69, 9.17) is 10.3 Å². The molecule has 0 saturated carbocycles. The van der Waals surface area contributed by atoms with E-state index < -0.39 is 16.1 Å². The number of nitrogens with one attached hydrogen (secondary N) is 1. The predicted molar refractivity (Wildman–Crippen MR) is 72.3 cm³/mol. The van der Waals surface area contributed by atoms with Crippen molar-refractivity contribution in [2.75, 3.05) is 5.73 Å². The molecule has 0 aliphatic carbocycles. The molecule has 0 bridgehead atoms. The highest BCUT2D eigenvalue weighted by molar-refractivity contribution is 7.89. The van der Waals surface area contributed by atoms with Crippen molar-refractivity contribution in [1.82, 2.24) is 19.4 Å². The van der Waals surface area contributed by atoms with E-state index in [9.17, 15) is 8.42 Å². The van der Waals surface area contributed by atoms with E-state index in [2.05, 4.69) is 14.9 Å². The molecule has 0 amide bonds. The number of rotatable bonds is 4. The van der Waals surface area contributed by atoms with Gasteiger partial charge < -0.3 is 14.8 Å². The topological polar surface area (TPSA) is 116 Å². The number of imidazole rings is 1. The van der Waals surface area contributed by atoms with Gasteiger partial charge in [0.25, 0.3) is 10.0 Å². The van der Waals surface area contributed by atoms with Gasteiger partial charge in [-0.3, -0.25) is 0 Å². The second-order valence-corrected chi connectivity index (χ2v) is 6.26. The Morgan fingerprint density at radius 1 is 1.45 bits per heavy atom. The van der Waals surface area contributed by atoms with Crippen molar-refractivity contribution in [3.05, 3.63) is 23.3 Å². The third kappa shape index (κ3) is 2.41. The molecule has 2 aromatic heterocycles. The lowest BCUT2D eigenvalue weighted by molar-refractivity contribution is 0.391. The monoisotopic (exact) mass is 299 g/mol. The highest BCUT2D eigenvalue weighted by Crippen LogP contribution is 2.24. The smallest absolute Gasteiger partial charge is 0.260 e. The number of nitrogen functional groups attached to an aromatic ring is 1. The molecule has 8 nitrogen and oxygen atoms in total. The van der Waals surface area contributed by atoms with Gasteiger partial charge in [0.1, 0.15) is 5.76 Å². The lowest BCUT2D eigenvalue weighted by atomic mass is 10.1. The van der Waals surface area contributed by atoms with Crippen LogP contribution in [0.2, 0.25) is 0 Å². The molecule has 1 unspecified atom stereocenters. The Kier molecular flexibility index (Phi) is 3.57. The van der Waals surface area contributed by atoms with Crippen LogP contribution in [-0.2, 0) is 17.1 Å². The second kappa shape index (κ2) is 4.91. The zero-order valence-corrected chi connectivity index (χ0v) is 12.5. The molecule has 0 fully saturated rings. The standard InChI is InChI=1S/C11H17N5O3S/c1-6-9(8(3)19-14-6)7(2)15-20(17,18)11-10(12)13-5-16(11)4/h5,7,15H,12H2,1-4H3. The molecule has 20 heavy (non-hydrogen) atoms. The fraction of sp³-hybridized carbons (Fsp3) is 0.455. The summed E-state index contributed by atoms with van der Waals surface area (Å²) in [5.41, 5.74) is 6.97. The van der Waals surface area contributed by atoms with Gasteiger partial charge in [0, 0.05) is 18.7 Å². The highest BCUT2D eigenvalue weighted by Gasteiger charge is 2.27. The summed E-state index contributed by atoms with van der Waals surface area (Å²) >= 11 is 0. The van der Waals surface area contributed by atoms with Crippen molar-refractivity contribution in [2.45, 2.75) is 31.8 Å². The average Bonchev–Trinajstić information content (AvgIpc) is 2.82. The maximum atomic E-state index is 12.4. The Labute approximate surface area is 117 Å². The molecule has 110 valence electrons. The third-order valence-corrected chi connectivity index (χ3v) is 4.69. The molecule has 2 heterocycles. The Morgan fingerprint density at radius 3 is 2.55 bits per heavy atom. The van der Waals surface area contributed by atoms with Crippen molar-refractivity contribution in [3.63, 3.8) is 0 Å². The van der Waals surface area contributed by atoms with Gasteiger partial charge in [-0.2, -0.15) is 0 Å². The van der Waals surface area contributed by atoms with Crippen LogP contribution in [0.5, 0.6) is 0 Å². The summed E-state index contributed by atoms with van der Waals surface area (Å²) in [6.07, 6.45) is 1.35. The number of sulfonamides is 1. The zero-order valence-electron chi connectivity index (χ0n) is 11.7. The number of hydrogen-bond donors (Lipinski definition) is 2. The van der Waals surface area contributed by atoms with Crippen molar-refractivity contribution in [2.24, 2.45) is 7.05 Å². The molecule has 0 aliphatic rings. The average molecular weight is 299 g/mol. The van der Waals surface area contributed by atoms with Gasteiger partial charge >= 0.3 is 0 Å². The quantitative estimate of drug-likeness (QED) is 0.856. The van der Waals surface area contributed by atoms with Gasteiger partial charge in [-0.15, -0.1) is 0 Å². The van der Waals surface area contributed by atoms with Crippen LogP contribution in [-0.4, -0.2) is 23.1 Å². The van der Waals surface area contributed by atoms with Gasteiger partial charge in [0.05, 0.1) is 12.0 Å². The summed E-state index contributed by atoms with van der Waals surface area (Å²) in [6, 6.07) is -0.486. The molecule has 0 aliphatic heterocycles. The minimum Gasteiger partial charge on any atom is -0.381 e. The molecular formula is C11H17N5O3S. The molecule has 2 rings (SSSR count). The second-order valence-electron chi connectivity index (χ2n) is 4.63. The SMILES string of the molecule is Cc1noc(C)c1C(C)NS(=O)(=O)c1c(N)ncn1C. The zero-order chi connectivity index (χ0) is 15.1. The van der Waals surface area contributed by atoms with Gasteiger partial charge in [0.2, 0.25) is 0 Å².